The number of pyridine rings is 3. The Balaban J connectivity index is 1.34. The van der Waals surface area contributed by atoms with Crippen LogP contribution in [-0.4, -0.2) is 24.2 Å². The van der Waals surface area contributed by atoms with E-state index in [-0.39, 0.29) is 0 Å². The number of rotatable bonds is 2. The summed E-state index contributed by atoms with van der Waals surface area (Å²) in [6.45, 7) is 0. The summed E-state index contributed by atoms with van der Waals surface area (Å²) >= 11 is 0. The Labute approximate surface area is 183 Å². The number of nitrogens with zero attached hydrogens (tertiary/aromatic N) is 5. The molecule has 0 spiro atoms. The average Bonchev–Trinajstić information content (AvgIpc) is 3.44. The zero-order valence-electron chi connectivity index (χ0n) is 17.1. The maximum atomic E-state index is 4.89. The third-order valence-electron chi connectivity index (χ3n) is 5.92. The van der Waals surface area contributed by atoms with Gasteiger partial charge in [-0.1, -0.05) is 54.6 Å². The van der Waals surface area contributed by atoms with Crippen molar-refractivity contribution in [3.05, 3.63) is 103 Å². The second kappa shape index (κ2) is 6.49. The Bertz CT molecular complexity index is 1560. The molecule has 7 aromatic rings. The lowest BCUT2D eigenvalue weighted by molar-refractivity contribution is 0.965. The van der Waals surface area contributed by atoms with Crippen LogP contribution in [0.3, 0.4) is 0 Å². The minimum Gasteiger partial charge on any atom is -0.244 e. The highest BCUT2D eigenvalue weighted by Gasteiger charge is 2.11. The van der Waals surface area contributed by atoms with Crippen LogP contribution in [0.15, 0.2) is 103 Å². The van der Waals surface area contributed by atoms with Gasteiger partial charge in [0.1, 0.15) is 11.4 Å². The smallest absolute Gasteiger partial charge is 0.112 e. The average molecular weight is 411 g/mol. The first-order valence-corrected chi connectivity index (χ1v) is 10.5. The Kier molecular flexibility index (Phi) is 3.49. The van der Waals surface area contributed by atoms with Crippen LogP contribution in [0.5, 0.6) is 0 Å². The highest BCUT2D eigenvalue weighted by Crippen LogP contribution is 2.26. The molecule has 0 aliphatic rings. The van der Waals surface area contributed by atoms with Crippen molar-refractivity contribution in [2.75, 3.05) is 0 Å². The van der Waals surface area contributed by atoms with E-state index in [9.17, 15) is 0 Å². The van der Waals surface area contributed by atoms with Crippen LogP contribution in [-0.2, 0) is 0 Å². The van der Waals surface area contributed by atoms with Gasteiger partial charge in [0.15, 0.2) is 0 Å². The highest BCUT2D eigenvalue weighted by molar-refractivity contribution is 5.87. The van der Waals surface area contributed by atoms with Crippen molar-refractivity contribution >= 4 is 32.6 Å². The largest absolute Gasteiger partial charge is 0.244 e. The van der Waals surface area contributed by atoms with Gasteiger partial charge in [-0.3, -0.25) is 0 Å². The summed E-state index contributed by atoms with van der Waals surface area (Å²) in [5.74, 6) is 0. The summed E-state index contributed by atoms with van der Waals surface area (Å²) in [7, 11) is 0. The number of benzene rings is 2. The molecule has 7 rings (SSSR count). The summed E-state index contributed by atoms with van der Waals surface area (Å²) in [5, 5.41) is 14.3. The van der Waals surface area contributed by atoms with Crippen LogP contribution in [0.2, 0.25) is 0 Å². The van der Waals surface area contributed by atoms with Gasteiger partial charge in [-0.05, 0) is 47.2 Å². The molecule has 5 heteroatoms. The van der Waals surface area contributed by atoms with Crippen molar-refractivity contribution < 1.29 is 0 Å². The monoisotopic (exact) mass is 411 g/mol. The van der Waals surface area contributed by atoms with Gasteiger partial charge >= 0.3 is 0 Å². The SMILES string of the molecule is c1cc(-c2cc3cc4ccccc4cn3n2)nc(-c2cc3cc4ccccc4cn3n2)c1. The Morgan fingerprint density at radius 2 is 0.906 bits per heavy atom. The van der Waals surface area contributed by atoms with Crippen molar-refractivity contribution in [2.45, 2.75) is 0 Å². The van der Waals surface area contributed by atoms with E-state index in [2.05, 4.69) is 73.1 Å². The molecule has 0 bridgehead atoms. The van der Waals surface area contributed by atoms with Crippen LogP contribution in [0.4, 0.5) is 0 Å². The van der Waals surface area contributed by atoms with E-state index in [1.165, 1.54) is 10.8 Å². The van der Waals surface area contributed by atoms with Crippen molar-refractivity contribution in [3.63, 3.8) is 0 Å². The fourth-order valence-corrected chi connectivity index (χ4v) is 4.31. The van der Waals surface area contributed by atoms with Crippen molar-refractivity contribution in [1.29, 1.82) is 0 Å². The summed E-state index contributed by atoms with van der Waals surface area (Å²) in [6.07, 6.45) is 4.12. The molecule has 0 amide bonds. The maximum absolute atomic E-state index is 4.89. The van der Waals surface area contributed by atoms with E-state index in [0.29, 0.717) is 0 Å². The lowest BCUT2D eigenvalue weighted by Crippen LogP contribution is -1.91. The standard InChI is InChI=1S/C27H17N5/c1-3-8-20-16-31-22(12-18(20)6-1)14-26(29-31)24-10-5-11-25(28-24)27-15-23-13-19-7-2-4-9-21(19)17-32(23)30-27/h1-17H. The molecule has 5 aromatic heterocycles. The van der Waals surface area contributed by atoms with Gasteiger partial charge in [-0.2, -0.15) is 10.2 Å². The predicted molar refractivity (Wildman–Crippen MR) is 128 cm³/mol. The summed E-state index contributed by atoms with van der Waals surface area (Å²) in [4.78, 5) is 4.89. The van der Waals surface area contributed by atoms with Crippen LogP contribution >= 0.6 is 0 Å². The molecule has 2 aromatic carbocycles. The molecular formula is C27H17N5. The topological polar surface area (TPSA) is 47.5 Å². The Hall–Kier alpha value is -4.51. The zero-order chi connectivity index (χ0) is 21.1. The number of hydrogen-bond acceptors (Lipinski definition) is 3. The number of aromatic nitrogens is 5. The van der Waals surface area contributed by atoms with Crippen molar-refractivity contribution in [3.8, 4) is 22.8 Å². The molecule has 0 saturated carbocycles. The lowest BCUT2D eigenvalue weighted by atomic mass is 10.1. The number of hydrogen-bond donors (Lipinski definition) is 0. The van der Waals surface area contributed by atoms with Gasteiger partial charge in [-0.15, -0.1) is 0 Å². The fraction of sp³-hybridized carbons (Fsp3) is 0. The van der Waals surface area contributed by atoms with Crippen LogP contribution < -0.4 is 0 Å². The predicted octanol–water partition coefficient (Wildman–Crippen LogP) is 6.02. The Morgan fingerprint density at radius 1 is 0.438 bits per heavy atom. The molecule has 150 valence electrons. The van der Waals surface area contributed by atoms with E-state index in [0.717, 1.165) is 44.6 Å². The van der Waals surface area contributed by atoms with E-state index in [1.54, 1.807) is 0 Å². The molecule has 0 aliphatic carbocycles. The molecule has 0 aliphatic heterocycles. The van der Waals surface area contributed by atoms with Gasteiger partial charge in [0.25, 0.3) is 0 Å². The number of fused-ring (bicyclic) bond motifs is 4. The zero-order valence-corrected chi connectivity index (χ0v) is 17.1. The van der Waals surface area contributed by atoms with Gasteiger partial charge in [0.05, 0.1) is 22.4 Å². The third-order valence-corrected chi connectivity index (χ3v) is 5.92. The second-order valence-corrected chi connectivity index (χ2v) is 8.01. The molecule has 32 heavy (non-hydrogen) atoms. The molecule has 0 saturated heterocycles. The molecule has 5 heterocycles. The van der Waals surface area contributed by atoms with Crippen LogP contribution in [0.1, 0.15) is 0 Å². The first-order valence-electron chi connectivity index (χ1n) is 10.5. The molecule has 0 N–H and O–H groups in total. The fourth-order valence-electron chi connectivity index (χ4n) is 4.31. The van der Waals surface area contributed by atoms with Gasteiger partial charge in [0.2, 0.25) is 0 Å². The molecule has 0 radical (unpaired) electrons. The molecule has 0 fully saturated rings. The van der Waals surface area contributed by atoms with Gasteiger partial charge < -0.3 is 0 Å². The molecule has 5 nitrogen and oxygen atoms in total. The van der Waals surface area contributed by atoms with Crippen LogP contribution in [0, 0.1) is 0 Å². The summed E-state index contributed by atoms with van der Waals surface area (Å²) in [6, 6.07) is 31.1. The highest BCUT2D eigenvalue weighted by atomic mass is 15.2. The normalized spacial score (nSPS) is 11.8. The molecule has 0 atom stereocenters. The van der Waals surface area contributed by atoms with E-state index in [4.69, 9.17) is 15.2 Å². The first kappa shape index (κ1) is 17.2. The van der Waals surface area contributed by atoms with Crippen molar-refractivity contribution in [1.82, 2.24) is 24.2 Å². The summed E-state index contributed by atoms with van der Waals surface area (Å²) < 4.78 is 3.84. The maximum Gasteiger partial charge on any atom is 0.112 e. The van der Waals surface area contributed by atoms with E-state index < -0.39 is 0 Å². The second-order valence-electron chi connectivity index (χ2n) is 8.01. The minimum atomic E-state index is 0.831. The van der Waals surface area contributed by atoms with Crippen molar-refractivity contribution in [2.24, 2.45) is 0 Å². The minimum absolute atomic E-state index is 0.831. The van der Waals surface area contributed by atoms with Crippen LogP contribution in [0.25, 0.3) is 55.4 Å². The van der Waals surface area contributed by atoms with E-state index >= 15 is 0 Å². The third kappa shape index (κ3) is 2.68. The first-order chi connectivity index (χ1) is 15.8. The lowest BCUT2D eigenvalue weighted by Gasteiger charge is -2.00. The molecular weight excluding hydrogens is 394 g/mol. The molecule has 0 unspecified atom stereocenters. The van der Waals surface area contributed by atoms with Gasteiger partial charge in [-0.25, -0.2) is 14.0 Å². The quantitative estimate of drug-likeness (QED) is 0.350. The van der Waals surface area contributed by atoms with E-state index in [1.807, 2.05) is 39.4 Å². The van der Waals surface area contributed by atoms with Gasteiger partial charge in [0, 0.05) is 23.2 Å². The Morgan fingerprint density at radius 3 is 1.41 bits per heavy atom. The summed E-state index contributed by atoms with van der Waals surface area (Å²) in [5.41, 5.74) is 5.44.